The van der Waals surface area contributed by atoms with E-state index in [1.165, 1.54) is 0 Å². The van der Waals surface area contributed by atoms with Crippen molar-refractivity contribution in [2.24, 2.45) is 5.92 Å². The van der Waals surface area contributed by atoms with Crippen LogP contribution in [0.15, 0.2) is 24.4 Å². The van der Waals surface area contributed by atoms with Crippen LogP contribution < -0.4 is 5.32 Å². The molecular weight excluding hydrogens is 304 g/mol. The summed E-state index contributed by atoms with van der Waals surface area (Å²) in [5, 5.41) is 11.4. The number of nitrogens with one attached hydrogen (secondary N) is 1. The summed E-state index contributed by atoms with van der Waals surface area (Å²) >= 11 is 0. The third-order valence-electron chi connectivity index (χ3n) is 4.40. The van der Waals surface area contributed by atoms with E-state index in [1.807, 2.05) is 41.9 Å². The van der Waals surface area contributed by atoms with E-state index in [0.29, 0.717) is 11.6 Å². The lowest BCUT2D eigenvalue weighted by Crippen LogP contribution is -2.39. The Bertz CT molecular complexity index is 690. The lowest BCUT2D eigenvalue weighted by molar-refractivity contribution is 0.0675. The molecule has 1 amide bonds. The highest BCUT2D eigenvalue weighted by Crippen LogP contribution is 2.20. The second-order valence-electron chi connectivity index (χ2n) is 6.36. The molecule has 1 aliphatic heterocycles. The minimum Gasteiger partial charge on any atom is -0.337 e. The van der Waals surface area contributed by atoms with Crippen LogP contribution in [0, 0.1) is 12.8 Å². The van der Waals surface area contributed by atoms with E-state index in [4.69, 9.17) is 0 Å². The van der Waals surface area contributed by atoms with Crippen LogP contribution in [0.3, 0.4) is 0 Å². The standard InChI is InChI=1S/C17H24N6O/c1-13-4-3-5-16(19-13)17(24)22-8-6-14(7-9-22)11-23-12-15(10-18-2)20-21-23/h3-5,12,14,18H,6-11H2,1-2H3. The van der Waals surface area contributed by atoms with Crippen molar-refractivity contribution in [1.29, 1.82) is 0 Å². The van der Waals surface area contributed by atoms with Crippen LogP contribution in [0.5, 0.6) is 0 Å². The van der Waals surface area contributed by atoms with Crippen LogP contribution in [0.1, 0.15) is 34.7 Å². The van der Waals surface area contributed by atoms with Gasteiger partial charge in [0.05, 0.1) is 5.69 Å². The summed E-state index contributed by atoms with van der Waals surface area (Å²) in [6.45, 7) is 5.05. The van der Waals surface area contributed by atoms with Crippen LogP contribution >= 0.6 is 0 Å². The average molecular weight is 328 g/mol. The summed E-state index contributed by atoms with van der Waals surface area (Å²) in [6.07, 6.45) is 3.96. The van der Waals surface area contributed by atoms with Crippen molar-refractivity contribution in [3.8, 4) is 0 Å². The van der Waals surface area contributed by atoms with Gasteiger partial charge in [0.15, 0.2) is 0 Å². The highest BCUT2D eigenvalue weighted by molar-refractivity contribution is 5.92. The van der Waals surface area contributed by atoms with Crippen molar-refractivity contribution in [3.63, 3.8) is 0 Å². The zero-order valence-corrected chi connectivity index (χ0v) is 14.3. The highest BCUT2D eigenvalue weighted by atomic mass is 16.2. The van der Waals surface area contributed by atoms with E-state index < -0.39 is 0 Å². The Morgan fingerprint density at radius 2 is 2.12 bits per heavy atom. The molecule has 1 N–H and O–H groups in total. The smallest absolute Gasteiger partial charge is 0.272 e. The number of aryl methyl sites for hydroxylation is 1. The molecule has 2 aromatic rings. The number of piperidine rings is 1. The Kier molecular flexibility index (Phi) is 5.20. The molecule has 7 heteroatoms. The Morgan fingerprint density at radius 3 is 2.83 bits per heavy atom. The maximum Gasteiger partial charge on any atom is 0.272 e. The number of nitrogens with zero attached hydrogens (tertiary/aromatic N) is 5. The number of pyridine rings is 1. The summed E-state index contributed by atoms with van der Waals surface area (Å²) in [5.74, 6) is 0.567. The van der Waals surface area contributed by atoms with E-state index in [9.17, 15) is 4.79 Å². The molecule has 0 radical (unpaired) electrons. The van der Waals surface area contributed by atoms with Gasteiger partial charge < -0.3 is 10.2 Å². The maximum atomic E-state index is 12.5. The molecule has 2 aromatic heterocycles. The molecule has 0 aliphatic carbocycles. The zero-order chi connectivity index (χ0) is 16.9. The summed E-state index contributed by atoms with van der Waals surface area (Å²) in [6, 6.07) is 5.58. The van der Waals surface area contributed by atoms with Crippen molar-refractivity contribution < 1.29 is 4.79 Å². The predicted molar refractivity (Wildman–Crippen MR) is 90.4 cm³/mol. The molecule has 128 valence electrons. The topological polar surface area (TPSA) is 75.9 Å². The van der Waals surface area contributed by atoms with Gasteiger partial charge in [-0.05, 0) is 44.9 Å². The number of likely N-dealkylation sites (tertiary alicyclic amines) is 1. The van der Waals surface area contributed by atoms with Gasteiger partial charge in [0.1, 0.15) is 5.69 Å². The molecule has 0 spiro atoms. The average Bonchev–Trinajstić information content (AvgIpc) is 3.02. The summed E-state index contributed by atoms with van der Waals surface area (Å²) in [5.41, 5.74) is 2.37. The van der Waals surface area contributed by atoms with Crippen molar-refractivity contribution in [2.75, 3.05) is 20.1 Å². The van der Waals surface area contributed by atoms with Gasteiger partial charge in [-0.15, -0.1) is 5.10 Å². The molecule has 0 saturated carbocycles. The second-order valence-corrected chi connectivity index (χ2v) is 6.36. The van der Waals surface area contributed by atoms with Gasteiger partial charge in [0.2, 0.25) is 0 Å². The fourth-order valence-electron chi connectivity index (χ4n) is 3.10. The van der Waals surface area contributed by atoms with Crippen molar-refractivity contribution >= 4 is 5.91 Å². The molecule has 0 aromatic carbocycles. The van der Waals surface area contributed by atoms with Gasteiger partial charge in [-0.25, -0.2) is 4.98 Å². The van der Waals surface area contributed by atoms with Crippen LogP contribution in [0.25, 0.3) is 0 Å². The quantitative estimate of drug-likeness (QED) is 0.894. The third kappa shape index (κ3) is 3.97. The largest absolute Gasteiger partial charge is 0.337 e. The summed E-state index contributed by atoms with van der Waals surface area (Å²) in [7, 11) is 1.90. The first-order valence-corrected chi connectivity index (χ1v) is 8.42. The number of rotatable bonds is 5. The van der Waals surface area contributed by atoms with E-state index in [0.717, 1.165) is 50.4 Å². The van der Waals surface area contributed by atoms with Crippen LogP contribution in [-0.4, -0.2) is 50.9 Å². The molecule has 0 bridgehead atoms. The molecule has 1 fully saturated rings. The maximum absolute atomic E-state index is 12.5. The first-order valence-electron chi connectivity index (χ1n) is 8.42. The minimum atomic E-state index is 0.0363. The number of aromatic nitrogens is 4. The van der Waals surface area contributed by atoms with E-state index in [1.54, 1.807) is 6.07 Å². The monoisotopic (exact) mass is 328 g/mol. The zero-order valence-electron chi connectivity index (χ0n) is 14.3. The van der Waals surface area contributed by atoms with Crippen LogP contribution in [0.2, 0.25) is 0 Å². The number of hydrogen-bond donors (Lipinski definition) is 1. The minimum absolute atomic E-state index is 0.0363. The van der Waals surface area contributed by atoms with Crippen molar-refractivity contribution in [2.45, 2.75) is 32.9 Å². The molecular formula is C17H24N6O. The molecule has 3 heterocycles. The highest BCUT2D eigenvalue weighted by Gasteiger charge is 2.24. The lowest BCUT2D eigenvalue weighted by atomic mass is 9.96. The normalized spacial score (nSPS) is 15.7. The molecule has 1 aliphatic rings. The number of amides is 1. The van der Waals surface area contributed by atoms with Crippen molar-refractivity contribution in [3.05, 3.63) is 41.5 Å². The Balaban J connectivity index is 1.52. The molecule has 24 heavy (non-hydrogen) atoms. The fourth-order valence-corrected chi connectivity index (χ4v) is 3.10. The van der Waals surface area contributed by atoms with Crippen LogP contribution in [0.4, 0.5) is 0 Å². The number of carbonyl (C=O) groups excluding carboxylic acids is 1. The first-order chi connectivity index (χ1) is 11.7. The number of hydrogen-bond acceptors (Lipinski definition) is 5. The SMILES string of the molecule is CNCc1cn(CC2CCN(C(=O)c3cccc(C)n3)CC2)nn1. The van der Waals surface area contributed by atoms with Gasteiger partial charge >= 0.3 is 0 Å². The first kappa shape index (κ1) is 16.6. The van der Waals surface area contributed by atoms with Gasteiger partial charge in [-0.1, -0.05) is 11.3 Å². The van der Waals surface area contributed by atoms with E-state index >= 15 is 0 Å². The van der Waals surface area contributed by atoms with E-state index in [-0.39, 0.29) is 5.91 Å². The molecule has 0 atom stereocenters. The summed E-state index contributed by atoms with van der Waals surface area (Å²) in [4.78, 5) is 18.8. The summed E-state index contributed by atoms with van der Waals surface area (Å²) < 4.78 is 1.91. The van der Waals surface area contributed by atoms with Gasteiger partial charge in [0, 0.05) is 38.1 Å². The van der Waals surface area contributed by atoms with Gasteiger partial charge in [0.25, 0.3) is 5.91 Å². The Labute approximate surface area is 142 Å². The molecule has 0 unspecified atom stereocenters. The fraction of sp³-hybridized carbons (Fsp3) is 0.529. The van der Waals surface area contributed by atoms with Gasteiger partial charge in [-0.2, -0.15) is 0 Å². The predicted octanol–water partition coefficient (Wildman–Crippen LogP) is 1.25. The lowest BCUT2D eigenvalue weighted by Gasteiger charge is -2.31. The molecule has 1 saturated heterocycles. The number of carbonyl (C=O) groups is 1. The van der Waals surface area contributed by atoms with Crippen LogP contribution in [-0.2, 0) is 13.1 Å². The Morgan fingerprint density at radius 1 is 1.33 bits per heavy atom. The molecule has 3 rings (SSSR count). The molecule has 7 nitrogen and oxygen atoms in total. The third-order valence-corrected chi connectivity index (χ3v) is 4.40. The van der Waals surface area contributed by atoms with Crippen molar-refractivity contribution in [1.82, 2.24) is 30.2 Å². The second kappa shape index (κ2) is 7.53. The van der Waals surface area contributed by atoms with Gasteiger partial charge in [-0.3, -0.25) is 9.48 Å². The Hall–Kier alpha value is -2.28. The van der Waals surface area contributed by atoms with E-state index in [2.05, 4.69) is 20.6 Å².